The number of thiocarbonyl (C=S) groups is 1. The number of rotatable bonds is 2. The van der Waals surface area contributed by atoms with Gasteiger partial charge in [0.05, 0.1) is 16.1 Å². The van der Waals surface area contributed by atoms with E-state index in [1.807, 2.05) is 0 Å². The molecule has 0 spiro atoms. The molecule has 4 nitrogen and oxygen atoms in total. The van der Waals surface area contributed by atoms with E-state index in [9.17, 15) is 18.4 Å². The second-order valence-corrected chi connectivity index (χ2v) is 5.80. The van der Waals surface area contributed by atoms with Crippen LogP contribution in [0.3, 0.4) is 0 Å². The van der Waals surface area contributed by atoms with Gasteiger partial charge in [0.2, 0.25) is 0 Å². The van der Waals surface area contributed by atoms with Crippen molar-refractivity contribution < 1.29 is 18.4 Å². The molecule has 0 bridgehead atoms. The SMILES string of the molecule is NC(=S)C1(N2C(=O)c3cc(F)c(F)cc3C2=O)CCCC1. The Kier molecular flexibility index (Phi) is 3.05. The summed E-state index contributed by atoms with van der Waals surface area (Å²) >= 11 is 5.06. The zero-order valence-electron chi connectivity index (χ0n) is 11.0. The van der Waals surface area contributed by atoms with Crippen molar-refractivity contribution in [2.45, 2.75) is 31.2 Å². The first-order valence-electron chi connectivity index (χ1n) is 6.56. The third kappa shape index (κ3) is 1.80. The fourth-order valence-corrected chi connectivity index (χ4v) is 3.46. The Balaban J connectivity index is 2.13. The quantitative estimate of drug-likeness (QED) is 0.671. The molecule has 1 aromatic carbocycles. The first-order chi connectivity index (χ1) is 9.88. The van der Waals surface area contributed by atoms with E-state index >= 15 is 0 Å². The molecule has 1 fully saturated rings. The molecule has 0 aromatic heterocycles. The number of benzene rings is 1. The van der Waals surface area contributed by atoms with Crippen molar-refractivity contribution in [2.24, 2.45) is 5.73 Å². The van der Waals surface area contributed by atoms with Crippen molar-refractivity contribution >= 4 is 29.0 Å². The maximum Gasteiger partial charge on any atom is 0.262 e. The van der Waals surface area contributed by atoms with Gasteiger partial charge in [-0.25, -0.2) is 8.78 Å². The second-order valence-electron chi connectivity index (χ2n) is 5.36. The fourth-order valence-electron chi connectivity index (χ4n) is 3.16. The summed E-state index contributed by atoms with van der Waals surface area (Å²) in [4.78, 5) is 26.0. The third-order valence-corrected chi connectivity index (χ3v) is 4.62. The summed E-state index contributed by atoms with van der Waals surface area (Å²) in [6, 6.07) is 1.51. The molecular formula is C14H12F2N2O2S. The number of fused-ring (bicyclic) bond motifs is 1. The normalized spacial score (nSPS) is 20.0. The fraction of sp³-hybridized carbons (Fsp3) is 0.357. The van der Waals surface area contributed by atoms with Crippen LogP contribution in [-0.2, 0) is 0 Å². The number of hydrogen-bond donors (Lipinski definition) is 1. The molecule has 7 heteroatoms. The van der Waals surface area contributed by atoms with E-state index < -0.39 is 29.0 Å². The number of carbonyl (C=O) groups excluding carboxylic acids is 2. The lowest BCUT2D eigenvalue weighted by atomic mass is 9.95. The van der Waals surface area contributed by atoms with Gasteiger partial charge in [-0.2, -0.15) is 0 Å². The summed E-state index contributed by atoms with van der Waals surface area (Å²) in [5.41, 5.74) is 4.48. The molecule has 2 N–H and O–H groups in total. The smallest absolute Gasteiger partial charge is 0.262 e. The van der Waals surface area contributed by atoms with Crippen LogP contribution in [-0.4, -0.2) is 27.2 Å². The van der Waals surface area contributed by atoms with Crippen LogP contribution in [0.1, 0.15) is 46.4 Å². The third-order valence-electron chi connectivity index (χ3n) is 4.24. The van der Waals surface area contributed by atoms with Gasteiger partial charge in [0.15, 0.2) is 11.6 Å². The number of nitrogens with two attached hydrogens (primary N) is 1. The Morgan fingerprint density at radius 3 is 1.90 bits per heavy atom. The minimum atomic E-state index is -1.16. The maximum atomic E-state index is 13.3. The first-order valence-corrected chi connectivity index (χ1v) is 6.97. The Morgan fingerprint density at radius 2 is 1.52 bits per heavy atom. The van der Waals surface area contributed by atoms with E-state index in [-0.39, 0.29) is 16.1 Å². The highest BCUT2D eigenvalue weighted by molar-refractivity contribution is 7.80. The van der Waals surface area contributed by atoms with Crippen LogP contribution in [0.15, 0.2) is 12.1 Å². The monoisotopic (exact) mass is 310 g/mol. The molecule has 0 radical (unpaired) electrons. The van der Waals surface area contributed by atoms with Crippen molar-refractivity contribution in [1.29, 1.82) is 0 Å². The molecule has 1 aliphatic heterocycles. The molecule has 1 saturated carbocycles. The summed E-state index contributed by atoms with van der Waals surface area (Å²) in [7, 11) is 0. The Hall–Kier alpha value is -1.89. The van der Waals surface area contributed by atoms with Crippen molar-refractivity contribution in [1.82, 2.24) is 4.90 Å². The lowest BCUT2D eigenvalue weighted by Crippen LogP contribution is -2.57. The first kappa shape index (κ1) is 14.1. The molecule has 1 aromatic rings. The molecule has 0 saturated heterocycles. The van der Waals surface area contributed by atoms with E-state index in [1.165, 1.54) is 0 Å². The number of amides is 2. The van der Waals surface area contributed by atoms with Gasteiger partial charge in [0, 0.05) is 0 Å². The standard InChI is InChI=1S/C14H12F2N2O2S/c15-9-5-7-8(6-10(9)16)12(20)18(11(7)19)14(13(17)21)3-1-2-4-14/h5-6H,1-4H2,(H2,17,21). The summed E-state index contributed by atoms with van der Waals surface area (Å²) < 4.78 is 26.7. The van der Waals surface area contributed by atoms with Gasteiger partial charge in [-0.05, 0) is 25.0 Å². The van der Waals surface area contributed by atoms with Crippen molar-refractivity contribution in [3.63, 3.8) is 0 Å². The number of imide groups is 1. The van der Waals surface area contributed by atoms with E-state index in [4.69, 9.17) is 18.0 Å². The van der Waals surface area contributed by atoms with Crippen LogP contribution in [0.2, 0.25) is 0 Å². The van der Waals surface area contributed by atoms with Crippen LogP contribution in [0.5, 0.6) is 0 Å². The highest BCUT2D eigenvalue weighted by Gasteiger charge is 2.52. The van der Waals surface area contributed by atoms with Gasteiger partial charge in [-0.15, -0.1) is 0 Å². The molecule has 110 valence electrons. The van der Waals surface area contributed by atoms with Crippen LogP contribution in [0.25, 0.3) is 0 Å². The molecule has 2 amide bonds. The van der Waals surface area contributed by atoms with Gasteiger partial charge in [-0.1, -0.05) is 25.1 Å². The van der Waals surface area contributed by atoms with Gasteiger partial charge < -0.3 is 5.73 Å². The molecule has 1 heterocycles. The summed E-state index contributed by atoms with van der Waals surface area (Å²) in [5, 5.41) is 0. The number of carbonyl (C=O) groups is 2. The van der Waals surface area contributed by atoms with E-state index in [0.717, 1.165) is 29.9 Å². The lowest BCUT2D eigenvalue weighted by Gasteiger charge is -2.36. The van der Waals surface area contributed by atoms with Crippen LogP contribution < -0.4 is 5.73 Å². The summed E-state index contributed by atoms with van der Waals surface area (Å²) in [6.07, 6.45) is 2.54. The van der Waals surface area contributed by atoms with E-state index in [2.05, 4.69) is 0 Å². The zero-order valence-corrected chi connectivity index (χ0v) is 11.8. The second kappa shape index (κ2) is 4.56. The highest BCUT2D eigenvalue weighted by atomic mass is 32.1. The molecule has 0 unspecified atom stereocenters. The molecule has 21 heavy (non-hydrogen) atoms. The molecule has 1 aliphatic carbocycles. The van der Waals surface area contributed by atoms with Crippen LogP contribution in [0, 0.1) is 11.6 Å². The Bertz CT molecular complexity index is 643. The predicted molar refractivity (Wildman–Crippen MR) is 74.8 cm³/mol. The van der Waals surface area contributed by atoms with Crippen molar-refractivity contribution in [2.75, 3.05) is 0 Å². The Labute approximate surface area is 124 Å². The topological polar surface area (TPSA) is 63.4 Å². The largest absolute Gasteiger partial charge is 0.391 e. The highest BCUT2D eigenvalue weighted by Crippen LogP contribution is 2.40. The van der Waals surface area contributed by atoms with Gasteiger partial charge >= 0.3 is 0 Å². The van der Waals surface area contributed by atoms with Crippen molar-refractivity contribution in [3.05, 3.63) is 34.9 Å². The Morgan fingerprint density at radius 1 is 1.10 bits per heavy atom. The van der Waals surface area contributed by atoms with Gasteiger partial charge in [0.25, 0.3) is 11.8 Å². The van der Waals surface area contributed by atoms with E-state index in [1.54, 1.807) is 0 Å². The molecular weight excluding hydrogens is 298 g/mol. The van der Waals surface area contributed by atoms with Gasteiger partial charge in [0.1, 0.15) is 5.54 Å². The number of hydrogen-bond acceptors (Lipinski definition) is 3. The van der Waals surface area contributed by atoms with Crippen LogP contribution in [0.4, 0.5) is 8.78 Å². The number of nitrogens with zero attached hydrogens (tertiary/aromatic N) is 1. The van der Waals surface area contributed by atoms with Crippen LogP contribution >= 0.6 is 12.2 Å². The zero-order chi connectivity index (χ0) is 15.4. The molecule has 0 atom stereocenters. The lowest BCUT2D eigenvalue weighted by molar-refractivity contribution is 0.0530. The van der Waals surface area contributed by atoms with Gasteiger partial charge in [-0.3, -0.25) is 14.5 Å². The summed E-state index contributed by atoms with van der Waals surface area (Å²) in [5.74, 6) is -3.65. The minimum absolute atomic E-state index is 0.0652. The minimum Gasteiger partial charge on any atom is -0.391 e. The predicted octanol–water partition coefficient (Wildman–Crippen LogP) is 2.16. The average molecular weight is 310 g/mol. The average Bonchev–Trinajstić information content (AvgIpc) is 2.99. The summed E-state index contributed by atoms with van der Waals surface area (Å²) in [6.45, 7) is 0. The van der Waals surface area contributed by atoms with E-state index in [0.29, 0.717) is 12.8 Å². The molecule has 3 rings (SSSR count). The number of halogens is 2. The molecule has 2 aliphatic rings. The maximum absolute atomic E-state index is 13.3. The van der Waals surface area contributed by atoms with Crippen molar-refractivity contribution in [3.8, 4) is 0 Å².